The molecule has 2 N–H and O–H groups in total. The van der Waals surface area contributed by atoms with Crippen LogP contribution in [0.25, 0.3) is 0 Å². The summed E-state index contributed by atoms with van der Waals surface area (Å²) >= 11 is 0. The molecule has 0 aliphatic rings. The molecule has 0 heterocycles. The summed E-state index contributed by atoms with van der Waals surface area (Å²) in [4.78, 5) is 10.6. The molecule has 33 heavy (non-hydrogen) atoms. The Bertz CT molecular complexity index is 705. The lowest BCUT2D eigenvalue weighted by Crippen LogP contribution is -2.09. The van der Waals surface area contributed by atoms with Gasteiger partial charge in [0.2, 0.25) is 5.91 Å². The van der Waals surface area contributed by atoms with Crippen LogP contribution in [0, 0.1) is 47.4 Å². The summed E-state index contributed by atoms with van der Waals surface area (Å²) in [5, 5.41) is 0. The van der Waals surface area contributed by atoms with Crippen molar-refractivity contribution in [2.45, 2.75) is 142 Å². The first-order valence-electron chi connectivity index (χ1n) is 13.5. The van der Waals surface area contributed by atoms with Crippen molar-refractivity contribution in [3.05, 3.63) is 0 Å². The molecule has 2 nitrogen and oxygen atoms in total. The van der Waals surface area contributed by atoms with Crippen LogP contribution >= 0.6 is 0 Å². The normalized spacial score (nSPS) is 9.36. The molecule has 0 bridgehead atoms. The van der Waals surface area contributed by atoms with Crippen LogP contribution < -0.4 is 5.73 Å². The Balaban J connectivity index is 3.40. The number of unbranched alkanes of at least 4 members (excludes halogenated alkanes) is 17. The molecule has 0 unspecified atom stereocenters. The van der Waals surface area contributed by atoms with Crippen LogP contribution in [0.4, 0.5) is 0 Å². The Morgan fingerprint density at radius 3 is 1.15 bits per heavy atom. The van der Waals surface area contributed by atoms with E-state index < -0.39 is 0 Å². The monoisotopic (exact) mass is 449 g/mol. The van der Waals surface area contributed by atoms with E-state index in [4.69, 9.17) is 5.73 Å². The van der Waals surface area contributed by atoms with E-state index in [-0.39, 0.29) is 5.91 Å². The molecule has 0 aliphatic carbocycles. The average molecular weight is 450 g/mol. The van der Waals surface area contributed by atoms with Gasteiger partial charge in [-0.05, 0) is 55.8 Å². The summed E-state index contributed by atoms with van der Waals surface area (Å²) in [5.74, 6) is 24.4. The maximum atomic E-state index is 10.6. The number of carbonyl (C=O) groups is 1. The van der Waals surface area contributed by atoms with Gasteiger partial charge in [0, 0.05) is 32.1 Å². The van der Waals surface area contributed by atoms with Crippen molar-refractivity contribution in [2.24, 2.45) is 5.73 Å². The number of rotatable bonds is 19. The van der Waals surface area contributed by atoms with E-state index in [0.29, 0.717) is 6.42 Å². The maximum absolute atomic E-state index is 10.6. The fourth-order valence-electron chi connectivity index (χ4n) is 3.42. The first-order valence-corrected chi connectivity index (χ1v) is 13.5. The minimum atomic E-state index is -0.183. The highest BCUT2D eigenvalue weighted by Crippen LogP contribution is 2.09. The number of hydrogen-bond acceptors (Lipinski definition) is 1. The van der Waals surface area contributed by atoms with Gasteiger partial charge in [0.05, 0.1) is 0 Å². The van der Waals surface area contributed by atoms with Crippen LogP contribution in [0.1, 0.15) is 142 Å². The van der Waals surface area contributed by atoms with Crippen LogP contribution in [0.15, 0.2) is 0 Å². The van der Waals surface area contributed by atoms with Gasteiger partial charge in [0.25, 0.3) is 0 Å². The third-order valence-corrected chi connectivity index (χ3v) is 5.46. The molecule has 0 aromatic heterocycles. The standard InChI is InChI=1S/C31H47NO/c1-2-3-4-5-6-7-8-9-10-11-12-13-14-15-16-17-18-19-20-21-22-23-24-25-26-27-28-29-30-31(32)33/h2-8,13-17,22-30H2,1H3,(H2,32,33). The van der Waals surface area contributed by atoms with Crippen molar-refractivity contribution < 1.29 is 4.79 Å². The summed E-state index contributed by atoms with van der Waals surface area (Å²) in [6, 6.07) is 0. The van der Waals surface area contributed by atoms with Gasteiger partial charge in [-0.3, -0.25) is 4.79 Å². The third-order valence-electron chi connectivity index (χ3n) is 5.46. The summed E-state index contributed by atoms with van der Waals surface area (Å²) < 4.78 is 0. The van der Waals surface area contributed by atoms with E-state index in [1.54, 1.807) is 0 Å². The summed E-state index contributed by atoms with van der Waals surface area (Å²) in [6.45, 7) is 2.25. The highest BCUT2D eigenvalue weighted by atomic mass is 16.1. The fraction of sp³-hybridized carbons (Fsp3) is 0.710. The van der Waals surface area contributed by atoms with Crippen LogP contribution in [0.3, 0.4) is 0 Å². The maximum Gasteiger partial charge on any atom is 0.217 e. The summed E-state index contributed by atoms with van der Waals surface area (Å²) in [7, 11) is 0. The van der Waals surface area contributed by atoms with E-state index in [1.807, 2.05) is 0 Å². The molecule has 2 heteroatoms. The van der Waals surface area contributed by atoms with Crippen LogP contribution in [0.5, 0.6) is 0 Å². The number of carbonyl (C=O) groups excluding carboxylic acids is 1. The molecule has 0 rings (SSSR count). The predicted octanol–water partition coefficient (Wildman–Crippen LogP) is 7.70. The van der Waals surface area contributed by atoms with Crippen molar-refractivity contribution in [3.63, 3.8) is 0 Å². The zero-order chi connectivity index (χ0) is 24.1. The lowest BCUT2D eigenvalue weighted by Gasteiger charge is -1.99. The van der Waals surface area contributed by atoms with Crippen molar-refractivity contribution in [2.75, 3.05) is 0 Å². The van der Waals surface area contributed by atoms with Gasteiger partial charge < -0.3 is 5.73 Å². The van der Waals surface area contributed by atoms with E-state index in [2.05, 4.69) is 54.3 Å². The Kier molecular flexibility index (Phi) is 25.8. The van der Waals surface area contributed by atoms with Gasteiger partial charge in [0.1, 0.15) is 0 Å². The number of hydrogen-bond donors (Lipinski definition) is 1. The van der Waals surface area contributed by atoms with Crippen molar-refractivity contribution in [1.82, 2.24) is 0 Å². The molecule has 0 spiro atoms. The van der Waals surface area contributed by atoms with Crippen LogP contribution in [-0.4, -0.2) is 5.91 Å². The van der Waals surface area contributed by atoms with Crippen molar-refractivity contribution in [1.29, 1.82) is 0 Å². The van der Waals surface area contributed by atoms with Crippen LogP contribution in [0.2, 0.25) is 0 Å². The first kappa shape index (κ1) is 30.7. The van der Waals surface area contributed by atoms with Gasteiger partial charge >= 0.3 is 0 Å². The Labute approximate surface area is 205 Å². The third kappa shape index (κ3) is 29.7. The Hall–Kier alpha value is -2.29. The minimum absolute atomic E-state index is 0.183. The SMILES string of the molecule is CCCCCCCCC#CC#CCCCCCC#CC#CCCCCCCCCCC(N)=O. The van der Waals surface area contributed by atoms with E-state index in [9.17, 15) is 4.79 Å². The first-order chi connectivity index (χ1) is 16.3. The average Bonchev–Trinajstić information content (AvgIpc) is 2.80. The summed E-state index contributed by atoms with van der Waals surface area (Å²) in [5.41, 5.74) is 5.13. The molecule has 182 valence electrons. The van der Waals surface area contributed by atoms with Gasteiger partial charge in [-0.1, -0.05) is 101 Å². The van der Waals surface area contributed by atoms with E-state index in [1.165, 1.54) is 70.6 Å². The Morgan fingerprint density at radius 2 is 0.788 bits per heavy atom. The highest BCUT2D eigenvalue weighted by molar-refractivity contribution is 5.73. The van der Waals surface area contributed by atoms with Crippen molar-refractivity contribution >= 4 is 5.91 Å². The Morgan fingerprint density at radius 1 is 0.485 bits per heavy atom. The quantitative estimate of drug-likeness (QED) is 0.159. The molecule has 0 radical (unpaired) electrons. The second-order valence-electron chi connectivity index (χ2n) is 8.73. The lowest BCUT2D eigenvalue weighted by molar-refractivity contribution is -0.118. The largest absolute Gasteiger partial charge is 0.370 e. The molecule has 0 aromatic carbocycles. The zero-order valence-electron chi connectivity index (χ0n) is 21.3. The second kappa shape index (κ2) is 27.7. The highest BCUT2D eigenvalue weighted by Gasteiger charge is 1.95. The smallest absolute Gasteiger partial charge is 0.217 e. The molecule has 1 amide bonds. The number of nitrogens with two attached hydrogens (primary N) is 1. The van der Waals surface area contributed by atoms with Crippen molar-refractivity contribution in [3.8, 4) is 47.4 Å². The topological polar surface area (TPSA) is 43.1 Å². The zero-order valence-corrected chi connectivity index (χ0v) is 21.3. The van der Waals surface area contributed by atoms with Crippen LogP contribution in [-0.2, 0) is 4.79 Å². The lowest BCUT2D eigenvalue weighted by atomic mass is 10.1. The molecular weight excluding hydrogens is 402 g/mol. The van der Waals surface area contributed by atoms with Gasteiger partial charge in [-0.25, -0.2) is 0 Å². The molecule has 0 atom stereocenters. The van der Waals surface area contributed by atoms with Gasteiger partial charge in [0.15, 0.2) is 0 Å². The minimum Gasteiger partial charge on any atom is -0.370 e. The number of amides is 1. The molecule has 0 aliphatic heterocycles. The molecular formula is C31H47NO. The van der Waals surface area contributed by atoms with E-state index >= 15 is 0 Å². The number of primary amides is 1. The van der Waals surface area contributed by atoms with Gasteiger partial charge in [-0.15, -0.1) is 0 Å². The second-order valence-corrected chi connectivity index (χ2v) is 8.73. The van der Waals surface area contributed by atoms with E-state index in [0.717, 1.165) is 57.8 Å². The molecule has 0 aromatic rings. The molecule has 0 fully saturated rings. The molecule has 0 saturated heterocycles. The predicted molar refractivity (Wildman–Crippen MR) is 143 cm³/mol. The fourth-order valence-corrected chi connectivity index (χ4v) is 3.42. The molecule has 0 saturated carbocycles. The van der Waals surface area contributed by atoms with Gasteiger partial charge in [-0.2, -0.15) is 0 Å². The summed E-state index contributed by atoms with van der Waals surface area (Å²) in [6.07, 6.45) is 23.8.